The molecule has 2 aliphatic rings. The summed E-state index contributed by atoms with van der Waals surface area (Å²) >= 11 is 0. The van der Waals surface area contributed by atoms with Gasteiger partial charge in [0.2, 0.25) is 0 Å². The first-order valence-corrected chi connectivity index (χ1v) is 3.77. The maximum Gasteiger partial charge on any atom is 0.410 e. The zero-order chi connectivity index (χ0) is 8.06. The van der Waals surface area contributed by atoms with Crippen molar-refractivity contribution < 1.29 is 14.6 Å². The molecule has 2 aliphatic heterocycles. The SMILES string of the molecule is CC12COC(=O)N1CCC2O. The largest absolute Gasteiger partial charge is 0.447 e. The second-order valence-electron chi connectivity index (χ2n) is 3.37. The Hall–Kier alpha value is -0.770. The number of rotatable bonds is 0. The lowest BCUT2D eigenvalue weighted by molar-refractivity contribution is 0.0713. The van der Waals surface area contributed by atoms with Crippen molar-refractivity contribution in [1.82, 2.24) is 4.90 Å². The molecular formula is C7H11NO3. The van der Waals surface area contributed by atoms with Gasteiger partial charge in [-0.1, -0.05) is 0 Å². The minimum atomic E-state index is -0.447. The van der Waals surface area contributed by atoms with E-state index < -0.39 is 11.6 Å². The molecule has 0 radical (unpaired) electrons. The Labute approximate surface area is 64.7 Å². The molecular weight excluding hydrogens is 146 g/mol. The van der Waals surface area contributed by atoms with Crippen LogP contribution in [0.25, 0.3) is 0 Å². The van der Waals surface area contributed by atoms with E-state index in [9.17, 15) is 9.90 Å². The molecule has 0 bridgehead atoms. The summed E-state index contributed by atoms with van der Waals surface area (Å²) in [6, 6.07) is 0. The van der Waals surface area contributed by atoms with Crippen LogP contribution in [0.15, 0.2) is 0 Å². The predicted molar refractivity (Wildman–Crippen MR) is 37.1 cm³/mol. The highest BCUT2D eigenvalue weighted by Gasteiger charge is 2.52. The summed E-state index contributed by atoms with van der Waals surface area (Å²) in [5.41, 5.74) is -0.447. The van der Waals surface area contributed by atoms with Gasteiger partial charge >= 0.3 is 6.09 Å². The van der Waals surface area contributed by atoms with E-state index in [4.69, 9.17) is 4.74 Å². The van der Waals surface area contributed by atoms with Gasteiger partial charge in [-0.15, -0.1) is 0 Å². The maximum atomic E-state index is 11.0. The summed E-state index contributed by atoms with van der Waals surface area (Å²) in [6.07, 6.45) is -0.0380. The second kappa shape index (κ2) is 1.88. The van der Waals surface area contributed by atoms with Crippen molar-refractivity contribution in [2.45, 2.75) is 25.0 Å². The number of nitrogens with zero attached hydrogens (tertiary/aromatic N) is 1. The molecule has 2 saturated heterocycles. The van der Waals surface area contributed by atoms with Crippen molar-refractivity contribution in [1.29, 1.82) is 0 Å². The van der Waals surface area contributed by atoms with Gasteiger partial charge in [0.25, 0.3) is 0 Å². The van der Waals surface area contributed by atoms with Crippen molar-refractivity contribution >= 4 is 6.09 Å². The molecule has 11 heavy (non-hydrogen) atoms. The predicted octanol–water partition coefficient (Wildman–Crippen LogP) is -0.0381. The van der Waals surface area contributed by atoms with Gasteiger partial charge in [0, 0.05) is 6.54 Å². The molecule has 4 heteroatoms. The number of amides is 1. The minimum absolute atomic E-state index is 0.288. The first kappa shape index (κ1) is 6.91. The van der Waals surface area contributed by atoms with E-state index in [0.29, 0.717) is 19.6 Å². The summed E-state index contributed by atoms with van der Waals surface area (Å²) in [4.78, 5) is 12.6. The number of fused-ring (bicyclic) bond motifs is 1. The van der Waals surface area contributed by atoms with E-state index in [1.807, 2.05) is 6.92 Å². The summed E-state index contributed by atoms with van der Waals surface area (Å²) in [7, 11) is 0. The van der Waals surface area contributed by atoms with Crippen LogP contribution < -0.4 is 0 Å². The molecule has 2 heterocycles. The zero-order valence-corrected chi connectivity index (χ0v) is 6.41. The van der Waals surface area contributed by atoms with Crippen molar-refractivity contribution in [3.05, 3.63) is 0 Å². The first-order valence-electron chi connectivity index (χ1n) is 3.77. The highest BCUT2D eigenvalue weighted by molar-refractivity contribution is 5.71. The molecule has 0 aromatic rings. The lowest BCUT2D eigenvalue weighted by atomic mass is 9.98. The molecule has 0 aromatic carbocycles. The van der Waals surface area contributed by atoms with E-state index in [-0.39, 0.29) is 6.09 Å². The minimum Gasteiger partial charge on any atom is -0.447 e. The van der Waals surface area contributed by atoms with Crippen LogP contribution >= 0.6 is 0 Å². The van der Waals surface area contributed by atoms with Crippen LogP contribution in [0.1, 0.15) is 13.3 Å². The van der Waals surface area contributed by atoms with Crippen LogP contribution in [-0.4, -0.2) is 40.9 Å². The number of ether oxygens (including phenoxy) is 1. The van der Waals surface area contributed by atoms with Crippen molar-refractivity contribution in [3.63, 3.8) is 0 Å². The number of aliphatic hydroxyl groups excluding tert-OH is 1. The molecule has 2 unspecified atom stereocenters. The third-order valence-electron chi connectivity index (χ3n) is 2.67. The normalized spacial score (nSPS) is 42.5. The molecule has 1 N–H and O–H groups in total. The van der Waals surface area contributed by atoms with Crippen molar-refractivity contribution in [3.8, 4) is 0 Å². The summed E-state index contributed by atoms with van der Waals surface area (Å²) in [5, 5.41) is 9.50. The Bertz CT molecular complexity index is 206. The third-order valence-corrected chi connectivity index (χ3v) is 2.67. The molecule has 1 amide bonds. The summed E-state index contributed by atoms with van der Waals surface area (Å²) in [6.45, 7) is 2.80. The molecule has 2 rings (SSSR count). The number of carbonyl (C=O) groups excluding carboxylic acids is 1. The Morgan fingerprint density at radius 1 is 1.82 bits per heavy atom. The van der Waals surface area contributed by atoms with Crippen LogP contribution in [0.3, 0.4) is 0 Å². The Balaban J connectivity index is 2.30. The third kappa shape index (κ3) is 0.701. The van der Waals surface area contributed by atoms with E-state index in [1.165, 1.54) is 0 Å². The van der Waals surface area contributed by atoms with Gasteiger partial charge in [0.15, 0.2) is 0 Å². The average molecular weight is 157 g/mol. The summed E-state index contributed by atoms with van der Waals surface area (Å²) < 4.78 is 4.82. The molecule has 62 valence electrons. The smallest absolute Gasteiger partial charge is 0.410 e. The fourth-order valence-corrected chi connectivity index (χ4v) is 1.76. The highest BCUT2D eigenvalue weighted by Crippen LogP contribution is 2.34. The van der Waals surface area contributed by atoms with Gasteiger partial charge in [0.1, 0.15) is 12.1 Å². The quantitative estimate of drug-likeness (QED) is 0.537. The van der Waals surface area contributed by atoms with Crippen molar-refractivity contribution in [2.75, 3.05) is 13.2 Å². The number of hydrogen-bond donors (Lipinski definition) is 1. The Morgan fingerprint density at radius 3 is 3.18 bits per heavy atom. The number of hydrogen-bond acceptors (Lipinski definition) is 3. The highest BCUT2D eigenvalue weighted by atomic mass is 16.6. The second-order valence-corrected chi connectivity index (χ2v) is 3.37. The molecule has 0 aliphatic carbocycles. The molecule has 4 nitrogen and oxygen atoms in total. The maximum absolute atomic E-state index is 11.0. The molecule has 0 spiro atoms. The van der Waals surface area contributed by atoms with Gasteiger partial charge in [-0.2, -0.15) is 0 Å². The van der Waals surface area contributed by atoms with Gasteiger partial charge < -0.3 is 9.84 Å². The van der Waals surface area contributed by atoms with Crippen LogP contribution in [0, 0.1) is 0 Å². The van der Waals surface area contributed by atoms with E-state index in [1.54, 1.807) is 4.90 Å². The van der Waals surface area contributed by atoms with Gasteiger partial charge in [0.05, 0.1) is 6.10 Å². The molecule has 2 atom stereocenters. The Kier molecular flexibility index (Phi) is 1.18. The van der Waals surface area contributed by atoms with Gasteiger partial charge in [-0.3, -0.25) is 4.90 Å². The first-order chi connectivity index (χ1) is 5.14. The molecule has 0 aromatic heterocycles. The van der Waals surface area contributed by atoms with Gasteiger partial charge in [-0.05, 0) is 13.3 Å². The van der Waals surface area contributed by atoms with E-state index in [0.717, 1.165) is 0 Å². The standard InChI is InChI=1S/C7H11NO3/c1-7-4-11-6(10)8(7)3-2-5(7)9/h5,9H,2-4H2,1H3. The zero-order valence-electron chi connectivity index (χ0n) is 6.41. The molecule has 2 fully saturated rings. The number of carbonyl (C=O) groups is 1. The fourth-order valence-electron chi connectivity index (χ4n) is 1.76. The van der Waals surface area contributed by atoms with Crippen LogP contribution in [0.5, 0.6) is 0 Å². The van der Waals surface area contributed by atoms with Crippen LogP contribution in [-0.2, 0) is 4.74 Å². The fraction of sp³-hybridized carbons (Fsp3) is 0.857. The van der Waals surface area contributed by atoms with E-state index in [2.05, 4.69) is 0 Å². The molecule has 0 saturated carbocycles. The lowest BCUT2D eigenvalue weighted by Gasteiger charge is -2.25. The number of cyclic esters (lactones) is 1. The van der Waals surface area contributed by atoms with Crippen molar-refractivity contribution in [2.24, 2.45) is 0 Å². The number of aliphatic hydroxyl groups is 1. The topological polar surface area (TPSA) is 49.8 Å². The average Bonchev–Trinajstić information content (AvgIpc) is 2.39. The Morgan fingerprint density at radius 2 is 2.55 bits per heavy atom. The van der Waals surface area contributed by atoms with E-state index >= 15 is 0 Å². The van der Waals surface area contributed by atoms with Crippen LogP contribution in [0.4, 0.5) is 4.79 Å². The van der Waals surface area contributed by atoms with Crippen LogP contribution in [0.2, 0.25) is 0 Å². The summed E-state index contributed by atoms with van der Waals surface area (Å²) in [5.74, 6) is 0. The monoisotopic (exact) mass is 157 g/mol. The lowest BCUT2D eigenvalue weighted by Crippen LogP contribution is -2.45. The van der Waals surface area contributed by atoms with Gasteiger partial charge in [-0.25, -0.2) is 4.79 Å².